The first-order chi connectivity index (χ1) is 11.5. The van der Waals surface area contributed by atoms with Crippen molar-refractivity contribution in [3.05, 3.63) is 36.8 Å². The molecule has 0 aliphatic carbocycles. The fourth-order valence-electron chi connectivity index (χ4n) is 2.10. The summed E-state index contributed by atoms with van der Waals surface area (Å²) >= 11 is 2.48. The molecule has 2 N–H and O–H groups in total. The summed E-state index contributed by atoms with van der Waals surface area (Å²) in [6.45, 7) is 1.73. The second-order valence-corrected chi connectivity index (χ2v) is 7.22. The summed E-state index contributed by atoms with van der Waals surface area (Å²) in [7, 11) is 1.53. The molecule has 0 radical (unpaired) electrons. The Labute approximate surface area is 142 Å². The summed E-state index contributed by atoms with van der Waals surface area (Å²) < 4.78 is 5.78. The number of aromatic amines is 1. The van der Waals surface area contributed by atoms with E-state index in [1.165, 1.54) is 18.4 Å². The molecule has 0 spiro atoms. The average molecular weight is 367 g/mol. The van der Waals surface area contributed by atoms with Gasteiger partial charge in [-0.05, 0) is 13.0 Å². The van der Waals surface area contributed by atoms with Gasteiger partial charge >= 0.3 is 5.69 Å². The summed E-state index contributed by atoms with van der Waals surface area (Å²) in [5, 5.41) is 11.4. The second kappa shape index (κ2) is 6.63. The monoisotopic (exact) mass is 367 g/mol. The third kappa shape index (κ3) is 3.27. The van der Waals surface area contributed by atoms with Crippen molar-refractivity contribution < 1.29 is 9.53 Å². The number of carbonyl (C=O) groups excluding carboxylic acids is 1. The number of fused-ring (bicyclic) bond motifs is 1. The number of ether oxygens (including phenoxy) is 1. The van der Waals surface area contributed by atoms with Crippen molar-refractivity contribution in [2.75, 3.05) is 12.4 Å². The molecule has 0 aromatic carbocycles. The molecular formula is C13H13N5O4S2. The maximum atomic E-state index is 12.4. The lowest BCUT2D eigenvalue weighted by Gasteiger charge is -2.04. The number of amides is 1. The van der Waals surface area contributed by atoms with Gasteiger partial charge in [-0.3, -0.25) is 24.5 Å². The van der Waals surface area contributed by atoms with Gasteiger partial charge in [0.05, 0.1) is 5.39 Å². The minimum Gasteiger partial charge on any atom is -0.377 e. The van der Waals surface area contributed by atoms with Crippen LogP contribution in [0, 0.1) is 6.92 Å². The Bertz CT molecular complexity index is 1020. The molecule has 126 valence electrons. The molecule has 0 bridgehead atoms. The first-order valence-corrected chi connectivity index (χ1v) is 8.45. The van der Waals surface area contributed by atoms with Crippen molar-refractivity contribution >= 4 is 43.9 Å². The molecule has 0 aliphatic heterocycles. The van der Waals surface area contributed by atoms with E-state index in [9.17, 15) is 14.4 Å². The molecule has 0 fully saturated rings. The van der Waals surface area contributed by atoms with E-state index in [4.69, 9.17) is 4.74 Å². The molecule has 3 heterocycles. The lowest BCUT2D eigenvalue weighted by Crippen LogP contribution is -2.38. The number of hydrogen-bond acceptors (Lipinski definition) is 8. The number of methoxy groups -OCH3 is 1. The number of nitrogens with zero attached hydrogens (tertiary/aromatic N) is 3. The number of rotatable bonds is 5. The molecule has 0 saturated heterocycles. The fraction of sp³-hybridized carbons (Fsp3) is 0.308. The molecule has 1 amide bonds. The third-order valence-electron chi connectivity index (χ3n) is 3.08. The lowest BCUT2D eigenvalue weighted by molar-refractivity contribution is -0.116. The Balaban J connectivity index is 1.82. The SMILES string of the molecule is COCc1nnc(NC(=O)Cn2c(=O)[nH]c3sc(C)cc3c2=O)s1. The van der Waals surface area contributed by atoms with E-state index in [0.717, 1.165) is 20.8 Å². The summed E-state index contributed by atoms with van der Waals surface area (Å²) in [6, 6.07) is 1.69. The van der Waals surface area contributed by atoms with Gasteiger partial charge in [0.1, 0.15) is 23.0 Å². The number of aromatic nitrogens is 4. The first-order valence-electron chi connectivity index (χ1n) is 6.82. The summed E-state index contributed by atoms with van der Waals surface area (Å²) in [6.07, 6.45) is 0. The van der Waals surface area contributed by atoms with Gasteiger partial charge in [-0.2, -0.15) is 0 Å². The minimum atomic E-state index is -0.623. The molecule has 3 aromatic heterocycles. The number of anilines is 1. The van der Waals surface area contributed by atoms with E-state index in [0.29, 0.717) is 21.8 Å². The van der Waals surface area contributed by atoms with Crippen molar-refractivity contribution in [3.63, 3.8) is 0 Å². The van der Waals surface area contributed by atoms with Gasteiger partial charge in [0.2, 0.25) is 11.0 Å². The van der Waals surface area contributed by atoms with Crippen LogP contribution < -0.4 is 16.6 Å². The van der Waals surface area contributed by atoms with Crippen LogP contribution in [0.1, 0.15) is 9.88 Å². The zero-order chi connectivity index (χ0) is 17.3. The van der Waals surface area contributed by atoms with Gasteiger partial charge in [-0.1, -0.05) is 11.3 Å². The van der Waals surface area contributed by atoms with E-state index < -0.39 is 23.7 Å². The molecular weight excluding hydrogens is 354 g/mol. The average Bonchev–Trinajstić information content (AvgIpc) is 3.10. The molecule has 0 saturated carbocycles. The predicted molar refractivity (Wildman–Crippen MR) is 90.7 cm³/mol. The summed E-state index contributed by atoms with van der Waals surface area (Å²) in [4.78, 5) is 40.5. The number of aryl methyl sites for hydroxylation is 1. The molecule has 9 nitrogen and oxygen atoms in total. The van der Waals surface area contributed by atoms with Gasteiger partial charge in [-0.15, -0.1) is 21.5 Å². The lowest BCUT2D eigenvalue weighted by atomic mass is 10.3. The zero-order valence-electron chi connectivity index (χ0n) is 12.8. The van der Waals surface area contributed by atoms with Gasteiger partial charge < -0.3 is 4.74 Å². The minimum absolute atomic E-state index is 0.281. The van der Waals surface area contributed by atoms with Crippen LogP contribution in [-0.2, 0) is 22.7 Å². The number of thiophene rings is 1. The second-order valence-electron chi connectivity index (χ2n) is 4.90. The highest BCUT2D eigenvalue weighted by Gasteiger charge is 2.14. The van der Waals surface area contributed by atoms with Gasteiger partial charge in [0, 0.05) is 12.0 Å². The number of carbonyl (C=O) groups is 1. The van der Waals surface area contributed by atoms with E-state index in [-0.39, 0.29) is 5.13 Å². The van der Waals surface area contributed by atoms with E-state index in [2.05, 4.69) is 20.5 Å². The van der Waals surface area contributed by atoms with E-state index in [1.807, 2.05) is 6.92 Å². The standard InChI is InChI=1S/C13H13N5O4S2/c1-6-3-7-10(23-6)15-13(21)18(11(7)20)4-8(19)14-12-17-16-9(24-12)5-22-2/h3H,4-5H2,1-2H3,(H,15,21)(H,14,17,19). The van der Waals surface area contributed by atoms with Gasteiger partial charge in [-0.25, -0.2) is 4.79 Å². The van der Waals surface area contributed by atoms with Crippen molar-refractivity contribution in [1.29, 1.82) is 0 Å². The van der Waals surface area contributed by atoms with Crippen LogP contribution in [0.5, 0.6) is 0 Å². The fourth-order valence-corrected chi connectivity index (χ4v) is 3.72. The highest BCUT2D eigenvalue weighted by Crippen LogP contribution is 2.18. The van der Waals surface area contributed by atoms with Gasteiger partial charge in [0.25, 0.3) is 5.56 Å². The van der Waals surface area contributed by atoms with Crippen LogP contribution in [0.15, 0.2) is 15.7 Å². The van der Waals surface area contributed by atoms with Gasteiger partial charge in [0.15, 0.2) is 0 Å². The summed E-state index contributed by atoms with van der Waals surface area (Å²) in [5.74, 6) is -0.533. The van der Waals surface area contributed by atoms with Crippen molar-refractivity contribution in [1.82, 2.24) is 19.7 Å². The summed E-state index contributed by atoms with van der Waals surface area (Å²) in [5.41, 5.74) is -1.12. The van der Waals surface area contributed by atoms with Crippen LogP contribution in [-0.4, -0.2) is 32.8 Å². The molecule has 3 rings (SSSR count). The largest absolute Gasteiger partial charge is 0.377 e. The molecule has 3 aromatic rings. The smallest absolute Gasteiger partial charge is 0.329 e. The van der Waals surface area contributed by atoms with Crippen LogP contribution in [0.3, 0.4) is 0 Å². The van der Waals surface area contributed by atoms with Crippen molar-refractivity contribution in [2.45, 2.75) is 20.1 Å². The number of hydrogen-bond donors (Lipinski definition) is 2. The number of H-pyrrole nitrogens is 1. The van der Waals surface area contributed by atoms with Crippen LogP contribution in [0.2, 0.25) is 0 Å². The van der Waals surface area contributed by atoms with Crippen LogP contribution in [0.25, 0.3) is 10.2 Å². The Kier molecular flexibility index (Phi) is 4.55. The topological polar surface area (TPSA) is 119 Å². The highest BCUT2D eigenvalue weighted by molar-refractivity contribution is 7.18. The Morgan fingerprint density at radius 3 is 2.92 bits per heavy atom. The Morgan fingerprint density at radius 1 is 1.38 bits per heavy atom. The van der Waals surface area contributed by atoms with E-state index in [1.54, 1.807) is 6.07 Å². The predicted octanol–water partition coefficient (Wildman–Crippen LogP) is 0.696. The maximum Gasteiger partial charge on any atom is 0.329 e. The molecule has 0 aliphatic rings. The molecule has 0 atom stereocenters. The van der Waals surface area contributed by atoms with Crippen LogP contribution in [0.4, 0.5) is 5.13 Å². The Hall–Kier alpha value is -2.37. The molecule has 24 heavy (non-hydrogen) atoms. The highest BCUT2D eigenvalue weighted by atomic mass is 32.1. The molecule has 0 unspecified atom stereocenters. The third-order valence-corrected chi connectivity index (χ3v) is 4.86. The normalized spacial score (nSPS) is 11.1. The molecule has 11 heteroatoms. The van der Waals surface area contributed by atoms with Crippen LogP contribution >= 0.6 is 22.7 Å². The van der Waals surface area contributed by atoms with Crippen molar-refractivity contribution in [2.24, 2.45) is 0 Å². The maximum absolute atomic E-state index is 12.4. The first kappa shape index (κ1) is 16.5. The van der Waals surface area contributed by atoms with Crippen molar-refractivity contribution in [3.8, 4) is 0 Å². The number of nitrogens with one attached hydrogen (secondary N) is 2. The zero-order valence-corrected chi connectivity index (χ0v) is 14.4. The Morgan fingerprint density at radius 2 is 2.17 bits per heavy atom. The van der Waals surface area contributed by atoms with E-state index >= 15 is 0 Å². The quantitative estimate of drug-likeness (QED) is 0.685.